The minimum Gasteiger partial charge on any atom is -0.319 e. The summed E-state index contributed by atoms with van der Waals surface area (Å²) in [6.07, 6.45) is 1.46. The van der Waals surface area contributed by atoms with Crippen molar-refractivity contribution < 1.29 is 4.79 Å². The van der Waals surface area contributed by atoms with Gasteiger partial charge in [-0.25, -0.2) is 0 Å². The Balaban J connectivity index is 2.41. The largest absolute Gasteiger partial charge is 0.319 e. The van der Waals surface area contributed by atoms with Crippen LogP contribution in [0.1, 0.15) is 23.2 Å². The van der Waals surface area contributed by atoms with Crippen LogP contribution < -0.4 is 5.73 Å². The number of Topliss-reactive ketones (excluding diaryl/α,β-unsaturated/α-hetero) is 1. The average Bonchev–Trinajstić information content (AvgIpc) is 2.89. The minimum absolute atomic E-state index is 0.106. The minimum atomic E-state index is -0.686. The molecule has 4 heteroatoms. The number of ketones is 1. The molecule has 0 aliphatic heterocycles. The molecule has 0 aromatic heterocycles. The van der Waals surface area contributed by atoms with E-state index in [2.05, 4.69) is 0 Å². The molecule has 0 amide bonds. The van der Waals surface area contributed by atoms with E-state index in [1.165, 1.54) is 0 Å². The molecule has 0 radical (unpaired) electrons. The third kappa shape index (κ3) is 1.54. The molecule has 1 fully saturated rings. The van der Waals surface area contributed by atoms with Crippen LogP contribution in [-0.4, -0.2) is 11.3 Å². The molecule has 0 saturated heterocycles. The van der Waals surface area contributed by atoms with Gasteiger partial charge >= 0.3 is 0 Å². The maximum absolute atomic E-state index is 11.8. The first kappa shape index (κ1) is 9.97. The molecule has 0 spiro atoms. The zero-order valence-corrected chi connectivity index (χ0v) is 8.90. The highest BCUT2D eigenvalue weighted by atomic mass is 35.5. The van der Waals surface area contributed by atoms with Gasteiger partial charge in [0.1, 0.15) is 0 Å². The highest BCUT2D eigenvalue weighted by Gasteiger charge is 2.46. The summed E-state index contributed by atoms with van der Waals surface area (Å²) in [5.41, 5.74) is 5.53. The Morgan fingerprint density at radius 3 is 2.57 bits per heavy atom. The molecule has 1 aliphatic rings. The van der Waals surface area contributed by atoms with E-state index in [9.17, 15) is 4.79 Å². The van der Waals surface area contributed by atoms with Gasteiger partial charge in [-0.1, -0.05) is 29.3 Å². The molecule has 0 unspecified atom stereocenters. The van der Waals surface area contributed by atoms with E-state index >= 15 is 0 Å². The number of hydrogen-bond donors (Lipinski definition) is 1. The summed E-state index contributed by atoms with van der Waals surface area (Å²) in [5.74, 6) is -0.106. The molecular formula is C10H9Cl2NO. The van der Waals surface area contributed by atoms with Crippen molar-refractivity contribution in [1.82, 2.24) is 0 Å². The number of benzene rings is 1. The van der Waals surface area contributed by atoms with Gasteiger partial charge in [-0.15, -0.1) is 0 Å². The van der Waals surface area contributed by atoms with Crippen LogP contribution in [-0.2, 0) is 0 Å². The van der Waals surface area contributed by atoms with Gasteiger partial charge in [-0.3, -0.25) is 4.79 Å². The second kappa shape index (κ2) is 3.23. The number of rotatable bonds is 2. The summed E-state index contributed by atoms with van der Waals surface area (Å²) in [7, 11) is 0. The quantitative estimate of drug-likeness (QED) is 0.793. The van der Waals surface area contributed by atoms with Crippen LogP contribution in [0.2, 0.25) is 10.0 Å². The maximum atomic E-state index is 11.8. The fourth-order valence-electron chi connectivity index (χ4n) is 1.31. The second-order valence-corrected chi connectivity index (χ2v) is 4.37. The molecule has 74 valence electrons. The normalized spacial score (nSPS) is 17.9. The summed E-state index contributed by atoms with van der Waals surface area (Å²) in [4.78, 5) is 11.8. The first-order valence-corrected chi connectivity index (χ1v) is 5.08. The molecule has 1 aromatic carbocycles. The predicted octanol–water partition coefficient (Wildman–Crippen LogP) is 2.67. The molecule has 0 bridgehead atoms. The van der Waals surface area contributed by atoms with E-state index in [1.807, 2.05) is 0 Å². The summed E-state index contributed by atoms with van der Waals surface area (Å²) in [6.45, 7) is 0. The Morgan fingerprint density at radius 2 is 2.00 bits per heavy atom. The molecule has 1 aliphatic carbocycles. The van der Waals surface area contributed by atoms with Crippen LogP contribution in [0.3, 0.4) is 0 Å². The van der Waals surface area contributed by atoms with Gasteiger partial charge in [-0.05, 0) is 25.0 Å². The number of nitrogens with two attached hydrogens (primary N) is 1. The van der Waals surface area contributed by atoms with Gasteiger partial charge in [-0.2, -0.15) is 0 Å². The van der Waals surface area contributed by atoms with E-state index in [4.69, 9.17) is 28.9 Å². The number of carbonyl (C=O) groups excluding carboxylic acids is 1. The molecule has 1 saturated carbocycles. The average molecular weight is 230 g/mol. The van der Waals surface area contributed by atoms with Crippen molar-refractivity contribution in [3.05, 3.63) is 33.8 Å². The third-order valence-corrected chi connectivity index (χ3v) is 3.26. The lowest BCUT2D eigenvalue weighted by Gasteiger charge is -2.09. The first-order chi connectivity index (χ1) is 6.54. The lowest BCUT2D eigenvalue weighted by atomic mass is 10.0. The van der Waals surface area contributed by atoms with E-state index in [1.54, 1.807) is 18.2 Å². The Kier molecular flexibility index (Phi) is 2.30. The zero-order valence-electron chi connectivity index (χ0n) is 7.39. The molecule has 2 nitrogen and oxygen atoms in total. The van der Waals surface area contributed by atoms with Gasteiger partial charge in [0.15, 0.2) is 5.78 Å². The Hall–Kier alpha value is -0.570. The Morgan fingerprint density at radius 1 is 1.36 bits per heavy atom. The fourth-order valence-corrected chi connectivity index (χ4v) is 1.70. The molecule has 1 aromatic rings. The van der Waals surface area contributed by atoms with E-state index in [0.29, 0.717) is 15.6 Å². The zero-order chi connectivity index (χ0) is 10.3. The second-order valence-electron chi connectivity index (χ2n) is 3.59. The lowest BCUT2D eigenvalue weighted by molar-refractivity contribution is 0.0949. The van der Waals surface area contributed by atoms with Crippen molar-refractivity contribution in [2.45, 2.75) is 18.4 Å². The topological polar surface area (TPSA) is 43.1 Å². The highest BCUT2D eigenvalue weighted by molar-refractivity contribution is 6.44. The van der Waals surface area contributed by atoms with E-state index in [0.717, 1.165) is 12.8 Å². The monoisotopic (exact) mass is 229 g/mol. The van der Waals surface area contributed by atoms with Crippen molar-refractivity contribution in [3.63, 3.8) is 0 Å². The first-order valence-electron chi connectivity index (χ1n) is 4.32. The smallest absolute Gasteiger partial charge is 0.184 e. The summed E-state index contributed by atoms with van der Waals surface area (Å²) in [6, 6.07) is 5.01. The fraction of sp³-hybridized carbons (Fsp3) is 0.300. The molecule has 0 atom stereocenters. The maximum Gasteiger partial charge on any atom is 0.184 e. The molecule has 14 heavy (non-hydrogen) atoms. The summed E-state index contributed by atoms with van der Waals surface area (Å²) in [5, 5.41) is 0.692. The summed E-state index contributed by atoms with van der Waals surface area (Å²) < 4.78 is 0. The van der Waals surface area contributed by atoms with E-state index in [-0.39, 0.29) is 5.78 Å². The standard InChI is InChI=1S/C10H9Cl2NO/c11-7-3-1-2-6(8(7)12)9(14)10(13)4-5-10/h1-3H,4-5,13H2. The van der Waals surface area contributed by atoms with Crippen LogP contribution in [0, 0.1) is 0 Å². The predicted molar refractivity (Wildman–Crippen MR) is 56.9 cm³/mol. The van der Waals surface area contributed by atoms with Crippen molar-refractivity contribution in [3.8, 4) is 0 Å². The van der Waals surface area contributed by atoms with Gasteiger partial charge in [0.2, 0.25) is 0 Å². The SMILES string of the molecule is NC1(C(=O)c2cccc(Cl)c2Cl)CC1. The van der Waals surface area contributed by atoms with Crippen molar-refractivity contribution in [2.75, 3.05) is 0 Å². The van der Waals surface area contributed by atoms with Crippen LogP contribution in [0.15, 0.2) is 18.2 Å². The van der Waals surface area contributed by atoms with E-state index < -0.39 is 5.54 Å². The molecule has 0 heterocycles. The van der Waals surface area contributed by atoms with Crippen LogP contribution in [0.4, 0.5) is 0 Å². The summed E-state index contributed by atoms with van der Waals surface area (Å²) >= 11 is 11.7. The van der Waals surface area contributed by atoms with Gasteiger partial charge in [0.05, 0.1) is 15.6 Å². The number of hydrogen-bond acceptors (Lipinski definition) is 2. The van der Waals surface area contributed by atoms with Gasteiger partial charge < -0.3 is 5.73 Å². The van der Waals surface area contributed by atoms with Crippen molar-refractivity contribution in [2.24, 2.45) is 5.73 Å². The third-order valence-electron chi connectivity index (χ3n) is 2.44. The van der Waals surface area contributed by atoms with Crippen LogP contribution >= 0.6 is 23.2 Å². The molecule has 2 N–H and O–H groups in total. The highest BCUT2D eigenvalue weighted by Crippen LogP contribution is 2.38. The lowest BCUT2D eigenvalue weighted by Crippen LogP contribution is -2.32. The van der Waals surface area contributed by atoms with Crippen molar-refractivity contribution in [1.29, 1.82) is 0 Å². The Labute approximate surface area is 92.0 Å². The molecular weight excluding hydrogens is 221 g/mol. The van der Waals surface area contributed by atoms with Crippen molar-refractivity contribution >= 4 is 29.0 Å². The van der Waals surface area contributed by atoms with Crippen LogP contribution in [0.5, 0.6) is 0 Å². The molecule has 2 rings (SSSR count). The Bertz CT molecular complexity index is 399. The van der Waals surface area contributed by atoms with Gasteiger partial charge in [0.25, 0.3) is 0 Å². The number of carbonyl (C=O) groups is 1. The van der Waals surface area contributed by atoms with Crippen LogP contribution in [0.25, 0.3) is 0 Å². The number of halogens is 2. The van der Waals surface area contributed by atoms with Gasteiger partial charge in [0, 0.05) is 5.56 Å².